The van der Waals surface area contributed by atoms with Crippen molar-refractivity contribution in [3.63, 3.8) is 0 Å². The van der Waals surface area contributed by atoms with E-state index >= 15 is 0 Å². The lowest BCUT2D eigenvalue weighted by Gasteiger charge is -2.20. The van der Waals surface area contributed by atoms with Gasteiger partial charge in [0, 0.05) is 24.3 Å². The Kier molecular flexibility index (Phi) is 11.7. The molecular formula is C29H41N7O4+4. The minimum absolute atomic E-state index is 0.0889. The van der Waals surface area contributed by atoms with Gasteiger partial charge in [-0.1, -0.05) is 42.5 Å². The van der Waals surface area contributed by atoms with E-state index in [1.54, 1.807) is 6.20 Å². The molecular weight excluding hydrogens is 510 g/mol. The second kappa shape index (κ2) is 15.4. The van der Waals surface area contributed by atoms with Crippen LogP contribution < -0.4 is 32.8 Å². The Morgan fingerprint density at radius 3 is 2.25 bits per heavy atom. The van der Waals surface area contributed by atoms with Crippen LogP contribution in [0.2, 0.25) is 0 Å². The first-order chi connectivity index (χ1) is 19.3. The standard InChI is InChI=1S/C29H37N7O4/c30-14-16-36(17-15-31)29(40)26(37)13-11-23(32)27(38)35-25(12-10-20-6-2-1-3-7-20)28(39)34-22-18-21-8-4-5-9-24(21)33-19-22/h1-9,18-19,23,25H,10-17,30-32H2,(H,34,39)(H,35,38)/p+4/t23-,25-/m0/s1. The lowest BCUT2D eigenvalue weighted by molar-refractivity contribution is -0.405. The molecule has 11 heteroatoms. The highest BCUT2D eigenvalue weighted by atomic mass is 16.2. The molecule has 12 N–H and O–H groups in total. The molecule has 0 saturated carbocycles. The summed E-state index contributed by atoms with van der Waals surface area (Å²) in [5.41, 5.74) is 13.9. The number of benzene rings is 2. The van der Waals surface area contributed by atoms with Crippen molar-refractivity contribution in [3.05, 3.63) is 72.4 Å². The molecule has 0 aliphatic carbocycles. The summed E-state index contributed by atoms with van der Waals surface area (Å²) >= 11 is 0. The number of rotatable bonds is 15. The van der Waals surface area contributed by atoms with Gasteiger partial charge in [0.2, 0.25) is 17.2 Å². The van der Waals surface area contributed by atoms with Gasteiger partial charge in [-0.25, -0.2) is 4.98 Å². The molecule has 0 fully saturated rings. The van der Waals surface area contributed by atoms with Crippen LogP contribution in [0.25, 0.3) is 10.9 Å². The predicted molar refractivity (Wildman–Crippen MR) is 149 cm³/mol. The van der Waals surface area contributed by atoms with Crippen LogP contribution in [0.1, 0.15) is 24.8 Å². The fourth-order valence-electron chi connectivity index (χ4n) is 4.35. The third kappa shape index (κ3) is 8.94. The van der Waals surface area contributed by atoms with E-state index in [4.69, 9.17) is 0 Å². The quantitative estimate of drug-likeness (QED) is 0.136. The van der Waals surface area contributed by atoms with Crippen molar-refractivity contribution in [1.82, 2.24) is 10.2 Å². The van der Waals surface area contributed by atoms with Crippen LogP contribution in [0.3, 0.4) is 0 Å². The molecule has 3 rings (SSSR count). The summed E-state index contributed by atoms with van der Waals surface area (Å²) in [5, 5.41) is 6.65. The van der Waals surface area contributed by atoms with E-state index < -0.39 is 29.7 Å². The molecule has 1 heterocycles. The number of hydrogen-bond acceptors (Lipinski definition) is 4. The Hall–Kier alpha value is -4.19. The Morgan fingerprint density at radius 2 is 1.55 bits per heavy atom. The number of amides is 3. The van der Waals surface area contributed by atoms with E-state index in [2.05, 4.69) is 32.8 Å². The molecule has 0 radical (unpaired) electrons. The molecule has 40 heavy (non-hydrogen) atoms. The lowest BCUT2D eigenvalue weighted by atomic mass is 10.0. The summed E-state index contributed by atoms with van der Waals surface area (Å²) in [7, 11) is 0. The van der Waals surface area contributed by atoms with Crippen LogP contribution in [0.5, 0.6) is 0 Å². The number of carbonyl (C=O) groups is 4. The van der Waals surface area contributed by atoms with Crippen molar-refractivity contribution in [1.29, 1.82) is 0 Å². The molecule has 0 saturated heterocycles. The monoisotopic (exact) mass is 551 g/mol. The third-order valence-corrected chi connectivity index (χ3v) is 6.59. The number of nitrogens with one attached hydrogen (secondary N) is 3. The SMILES string of the molecule is [NH3+]CCN(CC[NH3+])C(=O)C(=O)CC[C@H]([NH3+])C(=O)N[C@@H](CCc1ccccc1)C(=O)Nc1c[nH+]c2ccccc2c1. The molecule has 1 aromatic heterocycles. The number of hydrogen-bond donors (Lipinski definition) is 5. The lowest BCUT2D eigenvalue weighted by Crippen LogP contribution is -2.68. The number of anilines is 1. The number of H-pyrrole nitrogens is 1. The number of carbonyl (C=O) groups excluding carboxylic acids is 4. The van der Waals surface area contributed by atoms with Gasteiger partial charge in [-0.2, -0.15) is 0 Å². The maximum Gasteiger partial charge on any atom is 0.290 e. The van der Waals surface area contributed by atoms with Gasteiger partial charge in [-0.05, 0) is 30.5 Å². The molecule has 212 valence electrons. The Morgan fingerprint density at radius 1 is 0.875 bits per heavy atom. The van der Waals surface area contributed by atoms with Crippen molar-refractivity contribution >= 4 is 40.1 Å². The number of aromatic amines is 1. The number of pyridine rings is 1. The van der Waals surface area contributed by atoms with Gasteiger partial charge in [-0.3, -0.25) is 19.2 Å². The molecule has 0 bridgehead atoms. The van der Waals surface area contributed by atoms with Crippen LogP contribution in [0.15, 0.2) is 66.9 Å². The van der Waals surface area contributed by atoms with E-state index in [9.17, 15) is 19.2 Å². The summed E-state index contributed by atoms with van der Waals surface area (Å²) in [6.45, 7) is 1.73. The second-order valence-electron chi connectivity index (χ2n) is 9.71. The van der Waals surface area contributed by atoms with E-state index in [1.165, 1.54) is 4.90 Å². The highest BCUT2D eigenvalue weighted by molar-refractivity contribution is 6.36. The molecule has 11 nitrogen and oxygen atoms in total. The van der Waals surface area contributed by atoms with Gasteiger partial charge >= 0.3 is 0 Å². The van der Waals surface area contributed by atoms with Gasteiger partial charge in [0.1, 0.15) is 11.7 Å². The van der Waals surface area contributed by atoms with Gasteiger partial charge in [0.05, 0.1) is 26.2 Å². The van der Waals surface area contributed by atoms with Gasteiger partial charge < -0.3 is 32.7 Å². The van der Waals surface area contributed by atoms with Crippen molar-refractivity contribution in [3.8, 4) is 0 Å². The Labute approximate surface area is 233 Å². The zero-order chi connectivity index (χ0) is 28.9. The maximum absolute atomic E-state index is 13.3. The number of Topliss-reactive ketones (excluding diaryl/α,β-unsaturated/α-hetero) is 1. The molecule has 0 spiro atoms. The number of quaternary nitrogens is 3. The van der Waals surface area contributed by atoms with E-state index in [-0.39, 0.29) is 18.7 Å². The first kappa shape index (κ1) is 30.4. The van der Waals surface area contributed by atoms with Gasteiger partial charge in [0.25, 0.3) is 11.8 Å². The van der Waals surface area contributed by atoms with Crippen molar-refractivity contribution in [2.75, 3.05) is 31.5 Å². The fraction of sp³-hybridized carbons (Fsp3) is 0.345. The van der Waals surface area contributed by atoms with Crippen molar-refractivity contribution in [2.24, 2.45) is 0 Å². The molecule has 3 amide bonds. The van der Waals surface area contributed by atoms with Crippen LogP contribution >= 0.6 is 0 Å². The zero-order valence-electron chi connectivity index (χ0n) is 22.9. The number of fused-ring (bicyclic) bond motifs is 1. The number of para-hydroxylation sites is 1. The zero-order valence-corrected chi connectivity index (χ0v) is 22.9. The van der Waals surface area contributed by atoms with Crippen LogP contribution in [0.4, 0.5) is 5.69 Å². The molecule has 0 aliphatic heterocycles. The van der Waals surface area contributed by atoms with Crippen LogP contribution in [0, 0.1) is 0 Å². The predicted octanol–water partition coefficient (Wildman–Crippen LogP) is -2.02. The summed E-state index contributed by atoms with van der Waals surface area (Å²) in [6.07, 6.45) is 2.63. The van der Waals surface area contributed by atoms with E-state index in [1.807, 2.05) is 60.7 Å². The number of nitrogens with zero attached hydrogens (tertiary/aromatic N) is 1. The van der Waals surface area contributed by atoms with Crippen LogP contribution in [-0.4, -0.2) is 66.7 Å². The number of aromatic nitrogens is 1. The largest absolute Gasteiger partial charge is 0.356 e. The van der Waals surface area contributed by atoms with E-state index in [0.717, 1.165) is 16.5 Å². The molecule has 0 unspecified atom stereocenters. The minimum atomic E-state index is -0.828. The highest BCUT2D eigenvalue weighted by Crippen LogP contribution is 2.15. The average molecular weight is 552 g/mol. The fourth-order valence-corrected chi connectivity index (χ4v) is 4.35. The highest BCUT2D eigenvalue weighted by Gasteiger charge is 2.28. The first-order valence-electron chi connectivity index (χ1n) is 13.6. The molecule has 2 aromatic carbocycles. The molecule has 3 aromatic rings. The Bertz CT molecular complexity index is 1300. The topological polar surface area (TPSA) is 193 Å². The maximum atomic E-state index is 13.3. The minimum Gasteiger partial charge on any atom is -0.356 e. The summed E-state index contributed by atoms with van der Waals surface area (Å²) in [5.74, 6) is -1.98. The van der Waals surface area contributed by atoms with Crippen molar-refractivity contribution < 1.29 is 41.4 Å². The van der Waals surface area contributed by atoms with Crippen molar-refractivity contribution in [2.45, 2.75) is 37.8 Å². The molecule has 2 atom stereocenters. The number of aryl methyl sites for hydroxylation is 1. The summed E-state index contributed by atoms with van der Waals surface area (Å²) < 4.78 is 0. The Balaban J connectivity index is 1.64. The van der Waals surface area contributed by atoms with Gasteiger partial charge in [-0.15, -0.1) is 0 Å². The van der Waals surface area contributed by atoms with Crippen LogP contribution in [-0.2, 0) is 25.6 Å². The second-order valence-corrected chi connectivity index (χ2v) is 9.71. The summed E-state index contributed by atoms with van der Waals surface area (Å²) in [4.78, 5) is 55.9. The normalized spacial score (nSPS) is 12.4. The number of ketones is 1. The third-order valence-electron chi connectivity index (χ3n) is 6.59. The smallest absolute Gasteiger partial charge is 0.290 e. The van der Waals surface area contributed by atoms with Gasteiger partial charge in [0.15, 0.2) is 12.2 Å². The van der Waals surface area contributed by atoms with E-state index in [0.29, 0.717) is 44.7 Å². The average Bonchev–Trinajstić information content (AvgIpc) is 2.97. The first-order valence-corrected chi connectivity index (χ1v) is 13.6. The summed E-state index contributed by atoms with van der Waals surface area (Å²) in [6, 6.07) is 17.6. The molecule has 0 aliphatic rings.